The summed E-state index contributed by atoms with van der Waals surface area (Å²) in [4.78, 5) is 0. The minimum atomic E-state index is -5.01. The van der Waals surface area contributed by atoms with Gasteiger partial charge < -0.3 is 4.42 Å². The van der Waals surface area contributed by atoms with Gasteiger partial charge in [-0.2, -0.15) is 26.3 Å². The zero-order valence-electron chi connectivity index (χ0n) is 32.9. The topological polar surface area (TPSA) is 38.9 Å². The largest absolute Gasteiger partial charge is 0.416 e. The third kappa shape index (κ3) is 9.08. The maximum atomic E-state index is 13.8. The van der Waals surface area contributed by atoms with Crippen LogP contribution in [0.1, 0.15) is 137 Å². The van der Waals surface area contributed by atoms with E-state index < -0.39 is 34.9 Å². The number of halogens is 6. The number of aryl methyl sites for hydroxylation is 2. The fourth-order valence-electron chi connectivity index (χ4n) is 8.41. The zero-order valence-corrected chi connectivity index (χ0v) is 32.9. The highest BCUT2D eigenvalue weighted by Gasteiger charge is 2.44. The zero-order chi connectivity index (χ0) is 40.1. The Morgan fingerprint density at radius 2 is 1.04 bits per heavy atom. The Hall–Kier alpha value is -4.40. The normalized spacial score (nSPS) is 13.6. The molecule has 6 rings (SSSR count). The summed E-state index contributed by atoms with van der Waals surface area (Å²) in [6.45, 7) is 8.58. The van der Waals surface area contributed by atoms with Crippen molar-refractivity contribution in [2.24, 2.45) is 0 Å². The standard InChI is InChI=1S/C47H52F6N2O/c1-5-7-9-11-13-15-23-45(24-16-14-12-10-8-6-2)40-25-32(4)19-22-38(40)42-39(28-34(29-41(42)45)33-20-17-31(3)18-21-33)44-55-54-43(56-44)35-26-36(46(48,49)50)30-37(27-35)47(51,52)53/h17-22,25-30H,5-16,23-24H2,1-4H3. The number of aromatic nitrogens is 2. The summed E-state index contributed by atoms with van der Waals surface area (Å²) in [7, 11) is 0. The molecule has 56 heavy (non-hydrogen) atoms. The Morgan fingerprint density at radius 3 is 1.61 bits per heavy atom. The summed E-state index contributed by atoms with van der Waals surface area (Å²) in [6.07, 6.45) is 5.84. The van der Waals surface area contributed by atoms with Crippen molar-refractivity contribution in [1.29, 1.82) is 0 Å². The molecule has 0 atom stereocenters. The highest BCUT2D eigenvalue weighted by atomic mass is 19.4. The summed E-state index contributed by atoms with van der Waals surface area (Å²) >= 11 is 0. The van der Waals surface area contributed by atoms with Gasteiger partial charge in [0.25, 0.3) is 0 Å². The first kappa shape index (κ1) is 41.2. The summed E-state index contributed by atoms with van der Waals surface area (Å²) < 4.78 is 89.2. The lowest BCUT2D eigenvalue weighted by Gasteiger charge is -2.33. The fraction of sp³-hybridized carbons (Fsp3) is 0.447. The van der Waals surface area contributed by atoms with E-state index in [1.807, 2.05) is 13.0 Å². The van der Waals surface area contributed by atoms with Gasteiger partial charge in [-0.1, -0.05) is 144 Å². The SMILES string of the molecule is CCCCCCCCC1(CCCCCCCC)c2cc(C)ccc2-c2c(-c3nnc(-c4cc(C(F)(F)F)cc(C(F)(F)F)c4)o3)cc(-c3ccc(C)cc3)cc21. The third-order valence-corrected chi connectivity index (χ3v) is 11.4. The number of hydrogen-bond acceptors (Lipinski definition) is 3. The quantitative estimate of drug-likeness (QED) is 0.0698. The van der Waals surface area contributed by atoms with Gasteiger partial charge in [0.15, 0.2) is 0 Å². The number of nitrogens with zero attached hydrogens (tertiary/aromatic N) is 2. The molecule has 0 saturated heterocycles. The van der Waals surface area contributed by atoms with Gasteiger partial charge in [0.2, 0.25) is 11.8 Å². The van der Waals surface area contributed by atoms with Gasteiger partial charge >= 0.3 is 12.4 Å². The number of benzene rings is 4. The van der Waals surface area contributed by atoms with Gasteiger partial charge in [-0.05, 0) is 90.4 Å². The maximum Gasteiger partial charge on any atom is 0.416 e. The van der Waals surface area contributed by atoms with E-state index in [9.17, 15) is 26.3 Å². The molecule has 1 heterocycles. The molecule has 298 valence electrons. The lowest BCUT2D eigenvalue weighted by Crippen LogP contribution is -2.26. The molecular weight excluding hydrogens is 723 g/mol. The van der Waals surface area contributed by atoms with Gasteiger partial charge in [0.05, 0.1) is 11.1 Å². The smallest absolute Gasteiger partial charge is 0.416 e. The molecule has 0 aliphatic heterocycles. The second-order valence-corrected chi connectivity index (χ2v) is 15.7. The van der Waals surface area contributed by atoms with Crippen LogP contribution >= 0.6 is 0 Å². The van der Waals surface area contributed by atoms with Crippen LogP contribution in [-0.2, 0) is 17.8 Å². The molecular formula is C47H52F6N2O. The Bertz CT molecular complexity index is 2050. The summed E-state index contributed by atoms with van der Waals surface area (Å²) in [5.74, 6) is -0.378. The Labute approximate surface area is 327 Å². The minimum absolute atomic E-state index is 0.0395. The first-order chi connectivity index (χ1) is 26.7. The van der Waals surface area contributed by atoms with E-state index in [0.717, 1.165) is 77.5 Å². The fourth-order valence-corrected chi connectivity index (χ4v) is 8.41. The van der Waals surface area contributed by atoms with Crippen molar-refractivity contribution in [2.45, 2.75) is 135 Å². The molecule has 0 fully saturated rings. The van der Waals surface area contributed by atoms with Crippen LogP contribution in [0.5, 0.6) is 0 Å². The predicted molar refractivity (Wildman–Crippen MR) is 212 cm³/mol. The van der Waals surface area contributed by atoms with Crippen molar-refractivity contribution in [1.82, 2.24) is 10.2 Å². The van der Waals surface area contributed by atoms with Crippen molar-refractivity contribution in [2.75, 3.05) is 0 Å². The van der Waals surface area contributed by atoms with Crippen molar-refractivity contribution in [3.8, 4) is 45.2 Å². The molecule has 0 unspecified atom stereocenters. The molecule has 1 aliphatic carbocycles. The first-order valence-corrected chi connectivity index (χ1v) is 20.3. The summed E-state index contributed by atoms with van der Waals surface area (Å²) in [6, 6.07) is 20.4. The average molecular weight is 775 g/mol. The van der Waals surface area contributed by atoms with E-state index in [2.05, 4.69) is 79.5 Å². The van der Waals surface area contributed by atoms with Crippen LogP contribution in [0.4, 0.5) is 26.3 Å². The van der Waals surface area contributed by atoms with Crippen LogP contribution in [0.2, 0.25) is 0 Å². The molecule has 0 bridgehead atoms. The Morgan fingerprint density at radius 1 is 0.500 bits per heavy atom. The lowest BCUT2D eigenvalue weighted by atomic mass is 9.70. The molecule has 3 nitrogen and oxygen atoms in total. The third-order valence-electron chi connectivity index (χ3n) is 11.4. The monoisotopic (exact) mass is 774 g/mol. The van der Waals surface area contributed by atoms with Crippen molar-refractivity contribution >= 4 is 0 Å². The Kier molecular flexibility index (Phi) is 12.8. The van der Waals surface area contributed by atoms with Crippen molar-refractivity contribution in [3.63, 3.8) is 0 Å². The van der Waals surface area contributed by atoms with Crippen molar-refractivity contribution in [3.05, 3.63) is 106 Å². The van der Waals surface area contributed by atoms with Gasteiger partial charge in [0, 0.05) is 16.5 Å². The molecule has 0 spiro atoms. The van der Waals surface area contributed by atoms with Crippen LogP contribution in [0.25, 0.3) is 45.2 Å². The molecule has 9 heteroatoms. The maximum absolute atomic E-state index is 13.8. The van der Waals surface area contributed by atoms with E-state index in [4.69, 9.17) is 4.42 Å². The van der Waals surface area contributed by atoms with Gasteiger partial charge in [-0.25, -0.2) is 0 Å². The first-order valence-electron chi connectivity index (χ1n) is 20.3. The lowest BCUT2D eigenvalue weighted by molar-refractivity contribution is -0.143. The Balaban J connectivity index is 1.54. The number of unbranched alkanes of at least 4 members (excludes halogenated alkanes) is 10. The van der Waals surface area contributed by atoms with E-state index >= 15 is 0 Å². The van der Waals surface area contributed by atoms with E-state index in [-0.39, 0.29) is 17.4 Å². The number of hydrogen-bond donors (Lipinski definition) is 0. The molecule has 1 aliphatic rings. The van der Waals surface area contributed by atoms with Crippen LogP contribution in [0, 0.1) is 13.8 Å². The van der Waals surface area contributed by atoms with E-state index in [0.29, 0.717) is 17.7 Å². The highest BCUT2D eigenvalue weighted by Crippen LogP contribution is 2.58. The molecule has 0 saturated carbocycles. The van der Waals surface area contributed by atoms with Gasteiger partial charge in [0.1, 0.15) is 0 Å². The van der Waals surface area contributed by atoms with Gasteiger partial charge in [-0.15, -0.1) is 10.2 Å². The molecule has 0 radical (unpaired) electrons. The minimum Gasteiger partial charge on any atom is -0.416 e. The number of fused-ring (bicyclic) bond motifs is 3. The molecule has 5 aromatic rings. The number of rotatable bonds is 17. The summed E-state index contributed by atoms with van der Waals surface area (Å²) in [5.41, 5.74) is 5.52. The van der Waals surface area contributed by atoms with Crippen LogP contribution < -0.4 is 0 Å². The average Bonchev–Trinajstić information content (AvgIpc) is 3.76. The molecule has 4 aromatic carbocycles. The number of alkyl halides is 6. The van der Waals surface area contributed by atoms with E-state index in [1.165, 1.54) is 56.9 Å². The van der Waals surface area contributed by atoms with Crippen molar-refractivity contribution < 1.29 is 30.8 Å². The van der Waals surface area contributed by atoms with Crippen LogP contribution in [0.3, 0.4) is 0 Å². The molecule has 0 amide bonds. The predicted octanol–water partition coefficient (Wildman–Crippen LogP) is 15.5. The second-order valence-electron chi connectivity index (χ2n) is 15.7. The second kappa shape index (κ2) is 17.4. The molecule has 1 aromatic heterocycles. The van der Waals surface area contributed by atoms with Crippen LogP contribution in [0.15, 0.2) is 77.2 Å². The van der Waals surface area contributed by atoms with Crippen LogP contribution in [-0.4, -0.2) is 10.2 Å². The summed E-state index contributed by atoms with van der Waals surface area (Å²) in [5, 5.41) is 8.41. The molecule has 0 N–H and O–H groups in total. The van der Waals surface area contributed by atoms with Gasteiger partial charge in [-0.3, -0.25) is 0 Å². The van der Waals surface area contributed by atoms with E-state index in [1.54, 1.807) is 0 Å². The highest BCUT2D eigenvalue weighted by molar-refractivity contribution is 5.94.